The molecule has 31 heavy (non-hydrogen) atoms. The standard InChI is InChI=1S/C25H38N2O3S/c1-2-3-4-5-6-7-8-9-10-20-30-22-16-14-21(15-17-22)12-11-13-23-24(28)27(19-18-26)25(29)31-23/h13-17H,2-12,18-20,26H2,1H3/b23-13-. The van der Waals surface area contributed by atoms with Crippen molar-refractivity contribution in [2.45, 2.75) is 77.6 Å². The molecule has 0 bridgehead atoms. The summed E-state index contributed by atoms with van der Waals surface area (Å²) in [6.07, 6.45) is 15.2. The third-order valence-electron chi connectivity index (χ3n) is 5.43. The first-order chi connectivity index (χ1) is 15.2. The van der Waals surface area contributed by atoms with E-state index in [1.807, 2.05) is 18.2 Å². The van der Waals surface area contributed by atoms with E-state index in [4.69, 9.17) is 10.5 Å². The van der Waals surface area contributed by atoms with Crippen molar-refractivity contribution in [3.63, 3.8) is 0 Å². The summed E-state index contributed by atoms with van der Waals surface area (Å²) in [5.74, 6) is 0.687. The van der Waals surface area contributed by atoms with E-state index in [1.54, 1.807) is 0 Å². The molecule has 5 nitrogen and oxygen atoms in total. The molecule has 1 saturated heterocycles. The van der Waals surface area contributed by atoms with Gasteiger partial charge in [-0.2, -0.15) is 0 Å². The smallest absolute Gasteiger partial charge is 0.293 e. The zero-order valence-electron chi connectivity index (χ0n) is 18.9. The third kappa shape index (κ3) is 9.48. The zero-order valence-corrected chi connectivity index (χ0v) is 19.8. The Balaban J connectivity index is 1.59. The number of nitrogens with two attached hydrogens (primary N) is 1. The number of hydrogen-bond donors (Lipinski definition) is 1. The molecular formula is C25H38N2O3S. The molecule has 1 fully saturated rings. The molecule has 0 saturated carbocycles. The van der Waals surface area contributed by atoms with Gasteiger partial charge in [0, 0.05) is 13.1 Å². The normalized spacial score (nSPS) is 15.3. The molecule has 1 heterocycles. The number of hydrogen-bond acceptors (Lipinski definition) is 5. The van der Waals surface area contributed by atoms with Gasteiger partial charge in [-0.05, 0) is 48.7 Å². The summed E-state index contributed by atoms with van der Waals surface area (Å²) in [6, 6.07) is 8.16. The highest BCUT2D eigenvalue weighted by molar-refractivity contribution is 8.18. The number of aryl methyl sites for hydroxylation is 1. The first-order valence-corrected chi connectivity index (χ1v) is 12.6. The minimum absolute atomic E-state index is 0.222. The molecule has 0 radical (unpaired) electrons. The summed E-state index contributed by atoms with van der Waals surface area (Å²) in [5, 5.41) is -0.227. The van der Waals surface area contributed by atoms with Crippen LogP contribution in [0.1, 0.15) is 76.7 Å². The van der Waals surface area contributed by atoms with Crippen LogP contribution in [0.15, 0.2) is 35.2 Å². The number of nitrogens with zero attached hydrogens (tertiary/aromatic N) is 1. The second kappa shape index (κ2) is 15.1. The van der Waals surface area contributed by atoms with E-state index in [-0.39, 0.29) is 17.7 Å². The SMILES string of the molecule is CCCCCCCCCCCOc1ccc(CC/C=C2\SC(=O)N(CCN)C2=O)cc1. The van der Waals surface area contributed by atoms with Crippen LogP contribution in [0.2, 0.25) is 0 Å². The monoisotopic (exact) mass is 446 g/mol. The maximum absolute atomic E-state index is 12.2. The van der Waals surface area contributed by atoms with Gasteiger partial charge in [-0.3, -0.25) is 14.5 Å². The number of thioether (sulfide) groups is 1. The van der Waals surface area contributed by atoms with Crippen LogP contribution in [-0.2, 0) is 11.2 Å². The van der Waals surface area contributed by atoms with Crippen LogP contribution in [0.3, 0.4) is 0 Å². The highest BCUT2D eigenvalue weighted by atomic mass is 32.2. The van der Waals surface area contributed by atoms with Crippen molar-refractivity contribution in [3.8, 4) is 5.75 Å². The number of benzene rings is 1. The highest BCUT2D eigenvalue weighted by Gasteiger charge is 2.33. The van der Waals surface area contributed by atoms with Crippen LogP contribution in [0, 0.1) is 0 Å². The van der Waals surface area contributed by atoms with Crippen molar-refractivity contribution in [1.29, 1.82) is 0 Å². The lowest BCUT2D eigenvalue weighted by Crippen LogP contribution is -2.33. The Morgan fingerprint density at radius 1 is 0.968 bits per heavy atom. The van der Waals surface area contributed by atoms with Gasteiger partial charge in [0.25, 0.3) is 11.1 Å². The lowest BCUT2D eigenvalue weighted by molar-refractivity contribution is -0.122. The molecule has 2 N–H and O–H groups in total. The molecule has 0 aromatic heterocycles. The van der Waals surface area contributed by atoms with Crippen molar-refractivity contribution in [1.82, 2.24) is 4.90 Å². The van der Waals surface area contributed by atoms with Gasteiger partial charge >= 0.3 is 0 Å². The number of unbranched alkanes of at least 4 members (excludes halogenated alkanes) is 8. The van der Waals surface area contributed by atoms with Gasteiger partial charge in [0.05, 0.1) is 11.5 Å². The lowest BCUT2D eigenvalue weighted by Gasteiger charge is -2.09. The average Bonchev–Trinajstić information content (AvgIpc) is 3.04. The second-order valence-electron chi connectivity index (χ2n) is 8.04. The van der Waals surface area contributed by atoms with E-state index in [0.29, 0.717) is 11.4 Å². The van der Waals surface area contributed by atoms with Gasteiger partial charge in [-0.15, -0.1) is 0 Å². The number of amides is 2. The Morgan fingerprint density at radius 3 is 2.26 bits per heavy atom. The molecule has 172 valence electrons. The van der Waals surface area contributed by atoms with Crippen molar-refractivity contribution in [2.24, 2.45) is 5.73 Å². The maximum Gasteiger partial charge on any atom is 0.293 e. The summed E-state index contributed by atoms with van der Waals surface area (Å²) in [4.78, 5) is 25.7. The fourth-order valence-corrected chi connectivity index (χ4v) is 4.46. The number of carbonyl (C=O) groups excluding carboxylic acids is 2. The van der Waals surface area contributed by atoms with E-state index >= 15 is 0 Å². The molecule has 0 spiro atoms. The van der Waals surface area contributed by atoms with Gasteiger partial charge in [0.1, 0.15) is 5.75 Å². The summed E-state index contributed by atoms with van der Waals surface area (Å²) in [5.41, 5.74) is 6.65. The molecular weight excluding hydrogens is 408 g/mol. The van der Waals surface area contributed by atoms with Gasteiger partial charge in [-0.25, -0.2) is 0 Å². The van der Waals surface area contributed by atoms with Crippen molar-refractivity contribution >= 4 is 22.9 Å². The summed E-state index contributed by atoms with van der Waals surface area (Å²) >= 11 is 1.00. The minimum atomic E-state index is -0.227. The lowest BCUT2D eigenvalue weighted by atomic mass is 10.1. The average molecular weight is 447 g/mol. The van der Waals surface area contributed by atoms with E-state index < -0.39 is 0 Å². The van der Waals surface area contributed by atoms with Gasteiger partial charge in [0.2, 0.25) is 0 Å². The number of carbonyl (C=O) groups is 2. The fraction of sp³-hybridized carbons (Fsp3) is 0.600. The molecule has 1 aromatic carbocycles. The topological polar surface area (TPSA) is 72.6 Å². The van der Waals surface area contributed by atoms with Crippen LogP contribution in [0.25, 0.3) is 0 Å². The Morgan fingerprint density at radius 2 is 1.61 bits per heavy atom. The second-order valence-corrected chi connectivity index (χ2v) is 9.03. The predicted octanol–water partition coefficient (Wildman–Crippen LogP) is 6.07. The van der Waals surface area contributed by atoms with E-state index in [0.717, 1.165) is 43.4 Å². The molecule has 0 aliphatic carbocycles. The number of imide groups is 1. The van der Waals surface area contributed by atoms with Gasteiger partial charge in [0.15, 0.2) is 0 Å². The number of allylic oxidation sites excluding steroid dienone is 1. The number of rotatable bonds is 16. The predicted molar refractivity (Wildman–Crippen MR) is 129 cm³/mol. The highest BCUT2D eigenvalue weighted by Crippen LogP contribution is 2.30. The summed E-state index contributed by atoms with van der Waals surface area (Å²) in [6.45, 7) is 3.60. The Labute approximate surface area is 191 Å². The number of ether oxygens (including phenoxy) is 1. The quantitative estimate of drug-likeness (QED) is 0.246. The molecule has 1 aromatic rings. The molecule has 2 amide bonds. The van der Waals surface area contributed by atoms with Crippen LogP contribution in [0.5, 0.6) is 5.75 Å². The fourth-order valence-electron chi connectivity index (χ4n) is 3.58. The molecule has 1 aliphatic heterocycles. The van der Waals surface area contributed by atoms with E-state index in [2.05, 4.69) is 19.1 Å². The molecule has 0 atom stereocenters. The largest absolute Gasteiger partial charge is 0.494 e. The van der Waals surface area contributed by atoms with Gasteiger partial charge in [-0.1, -0.05) is 76.5 Å². The van der Waals surface area contributed by atoms with Crippen molar-refractivity contribution in [2.75, 3.05) is 19.7 Å². The van der Waals surface area contributed by atoms with E-state index in [1.165, 1.54) is 61.8 Å². The van der Waals surface area contributed by atoms with Crippen molar-refractivity contribution in [3.05, 3.63) is 40.8 Å². The van der Waals surface area contributed by atoms with Gasteiger partial charge < -0.3 is 10.5 Å². The molecule has 2 rings (SSSR count). The van der Waals surface area contributed by atoms with Crippen LogP contribution in [-0.4, -0.2) is 35.7 Å². The Hall–Kier alpha value is -1.79. The Kier molecular flexibility index (Phi) is 12.4. The van der Waals surface area contributed by atoms with E-state index in [9.17, 15) is 9.59 Å². The molecule has 0 unspecified atom stereocenters. The summed E-state index contributed by atoms with van der Waals surface area (Å²) < 4.78 is 5.85. The third-order valence-corrected chi connectivity index (χ3v) is 6.39. The summed E-state index contributed by atoms with van der Waals surface area (Å²) in [7, 11) is 0. The molecule has 6 heteroatoms. The van der Waals surface area contributed by atoms with Crippen LogP contribution < -0.4 is 10.5 Å². The maximum atomic E-state index is 12.2. The zero-order chi connectivity index (χ0) is 22.3. The Bertz CT molecular complexity index is 703. The minimum Gasteiger partial charge on any atom is -0.494 e. The van der Waals surface area contributed by atoms with Crippen LogP contribution in [0.4, 0.5) is 4.79 Å². The first kappa shape index (κ1) is 25.5. The van der Waals surface area contributed by atoms with Crippen molar-refractivity contribution < 1.29 is 14.3 Å². The molecule has 1 aliphatic rings. The first-order valence-electron chi connectivity index (χ1n) is 11.8. The van der Waals surface area contributed by atoms with Crippen LogP contribution >= 0.6 is 11.8 Å².